The highest BCUT2D eigenvalue weighted by Gasteiger charge is 2.19. The Kier molecular flexibility index (Phi) is 4.62. The number of halogens is 1. The minimum atomic E-state index is -0.668. The summed E-state index contributed by atoms with van der Waals surface area (Å²) in [6.45, 7) is 1.72. The van der Waals surface area contributed by atoms with Crippen LogP contribution in [0, 0.1) is 12.7 Å². The quantitative estimate of drug-likeness (QED) is 0.638. The molecule has 2 aromatic heterocycles. The number of aromatic amines is 1. The molecular formula is C17H18FN5O2. The molecule has 0 aliphatic heterocycles. The fourth-order valence-corrected chi connectivity index (χ4v) is 2.74. The number of carbonyl (C=O) groups excluding carboxylic acids is 1. The molecule has 0 aliphatic carbocycles. The van der Waals surface area contributed by atoms with Crippen molar-refractivity contribution < 1.29 is 9.18 Å². The maximum atomic E-state index is 13.9. The first kappa shape index (κ1) is 16.8. The lowest BCUT2D eigenvalue weighted by Crippen LogP contribution is -2.36. The normalized spacial score (nSPS) is 12.3. The van der Waals surface area contributed by atoms with Gasteiger partial charge in [0.05, 0.1) is 12.5 Å². The highest BCUT2D eigenvalue weighted by molar-refractivity contribution is 5.79. The second kappa shape index (κ2) is 6.86. The Bertz CT molecular complexity index is 979. The molecule has 4 N–H and O–H groups in total. The largest absolute Gasteiger partial charge is 0.348 e. The van der Waals surface area contributed by atoms with Crippen molar-refractivity contribution in [3.63, 3.8) is 0 Å². The summed E-state index contributed by atoms with van der Waals surface area (Å²) >= 11 is 0. The monoisotopic (exact) mass is 343 g/mol. The molecule has 3 rings (SSSR count). The van der Waals surface area contributed by atoms with E-state index in [9.17, 15) is 14.0 Å². The van der Waals surface area contributed by atoms with E-state index in [2.05, 4.69) is 15.4 Å². The summed E-state index contributed by atoms with van der Waals surface area (Å²) in [7, 11) is 0. The van der Waals surface area contributed by atoms with Gasteiger partial charge in [-0.1, -0.05) is 18.2 Å². The van der Waals surface area contributed by atoms with Gasteiger partial charge in [0, 0.05) is 35.6 Å². The molecule has 0 bridgehead atoms. The van der Waals surface area contributed by atoms with Crippen LogP contribution < -0.4 is 16.6 Å². The highest BCUT2D eigenvalue weighted by Crippen LogP contribution is 2.16. The molecule has 1 atom stereocenters. The van der Waals surface area contributed by atoms with Crippen LogP contribution in [0.4, 0.5) is 4.39 Å². The van der Waals surface area contributed by atoms with Crippen LogP contribution in [0.5, 0.6) is 0 Å². The van der Waals surface area contributed by atoms with Crippen LogP contribution >= 0.6 is 0 Å². The number of nitrogens with two attached hydrogens (primary N) is 1. The van der Waals surface area contributed by atoms with Gasteiger partial charge in [-0.3, -0.25) is 14.7 Å². The third-order valence-corrected chi connectivity index (χ3v) is 4.03. The number of rotatable bonds is 5. The minimum absolute atomic E-state index is 0.0402. The van der Waals surface area contributed by atoms with Crippen LogP contribution in [0.25, 0.3) is 5.65 Å². The second-order valence-electron chi connectivity index (χ2n) is 5.69. The Morgan fingerprint density at radius 2 is 2.16 bits per heavy atom. The molecular weight excluding hydrogens is 325 g/mol. The Hall–Kier alpha value is -3.00. The number of H-pyrrole nitrogens is 1. The van der Waals surface area contributed by atoms with Gasteiger partial charge in [0.2, 0.25) is 5.91 Å². The van der Waals surface area contributed by atoms with Gasteiger partial charge in [0.15, 0.2) is 5.65 Å². The molecule has 0 saturated heterocycles. The molecule has 1 amide bonds. The van der Waals surface area contributed by atoms with E-state index in [1.807, 2.05) is 0 Å². The van der Waals surface area contributed by atoms with Crippen molar-refractivity contribution in [2.45, 2.75) is 19.4 Å². The number of amides is 1. The number of fused-ring (bicyclic) bond motifs is 1. The van der Waals surface area contributed by atoms with Gasteiger partial charge in [0.1, 0.15) is 5.82 Å². The van der Waals surface area contributed by atoms with E-state index in [-0.39, 0.29) is 24.1 Å². The van der Waals surface area contributed by atoms with Crippen molar-refractivity contribution in [1.82, 2.24) is 19.9 Å². The number of nitrogens with one attached hydrogen (secondary N) is 2. The third kappa shape index (κ3) is 3.29. The van der Waals surface area contributed by atoms with Crippen LogP contribution in [0.15, 0.2) is 41.3 Å². The SMILES string of the molecule is Cc1nc2cc[nH]n2c(=O)c1CC(=O)NC(CN)c1ccccc1F. The lowest BCUT2D eigenvalue weighted by atomic mass is 10.1. The lowest BCUT2D eigenvalue weighted by Gasteiger charge is -2.18. The summed E-state index contributed by atoms with van der Waals surface area (Å²) in [4.78, 5) is 29.1. The lowest BCUT2D eigenvalue weighted by molar-refractivity contribution is -0.121. The molecule has 0 aliphatic rings. The van der Waals surface area contributed by atoms with Crippen LogP contribution in [0.2, 0.25) is 0 Å². The first-order valence-corrected chi connectivity index (χ1v) is 7.80. The van der Waals surface area contributed by atoms with Crippen LogP contribution in [-0.4, -0.2) is 27.0 Å². The smallest absolute Gasteiger partial charge is 0.276 e. The van der Waals surface area contributed by atoms with E-state index in [0.717, 1.165) is 0 Å². The molecule has 2 heterocycles. The van der Waals surface area contributed by atoms with Crippen LogP contribution in [-0.2, 0) is 11.2 Å². The zero-order valence-electron chi connectivity index (χ0n) is 13.6. The van der Waals surface area contributed by atoms with Crippen molar-refractivity contribution in [2.24, 2.45) is 5.73 Å². The maximum Gasteiger partial charge on any atom is 0.276 e. The van der Waals surface area contributed by atoms with Gasteiger partial charge < -0.3 is 11.1 Å². The Labute approximate surface area is 142 Å². The summed E-state index contributed by atoms with van der Waals surface area (Å²) in [5.41, 5.74) is 6.89. The van der Waals surface area contributed by atoms with E-state index in [0.29, 0.717) is 16.9 Å². The van der Waals surface area contributed by atoms with E-state index in [1.54, 1.807) is 37.4 Å². The highest BCUT2D eigenvalue weighted by atomic mass is 19.1. The van der Waals surface area contributed by atoms with Crippen molar-refractivity contribution in [1.29, 1.82) is 0 Å². The summed E-state index contributed by atoms with van der Waals surface area (Å²) < 4.78 is 15.2. The number of hydrogen-bond acceptors (Lipinski definition) is 4. The number of benzene rings is 1. The molecule has 0 saturated carbocycles. The Balaban J connectivity index is 1.83. The average molecular weight is 343 g/mol. The van der Waals surface area contributed by atoms with Crippen molar-refractivity contribution in [3.8, 4) is 0 Å². The van der Waals surface area contributed by atoms with Gasteiger partial charge >= 0.3 is 0 Å². The van der Waals surface area contributed by atoms with E-state index in [4.69, 9.17) is 5.73 Å². The van der Waals surface area contributed by atoms with Gasteiger partial charge in [0.25, 0.3) is 5.56 Å². The fraction of sp³-hybridized carbons (Fsp3) is 0.235. The summed E-state index contributed by atoms with van der Waals surface area (Å²) in [6.07, 6.45) is 1.43. The van der Waals surface area contributed by atoms with Crippen molar-refractivity contribution in [2.75, 3.05) is 6.54 Å². The summed E-state index contributed by atoms with van der Waals surface area (Å²) in [5.74, 6) is -0.865. The van der Waals surface area contributed by atoms with Crippen LogP contribution in [0.1, 0.15) is 22.9 Å². The first-order chi connectivity index (χ1) is 12.0. The third-order valence-electron chi connectivity index (χ3n) is 4.03. The molecule has 0 radical (unpaired) electrons. The van der Waals surface area contributed by atoms with Crippen molar-refractivity contribution >= 4 is 11.6 Å². The molecule has 1 aromatic carbocycles. The van der Waals surface area contributed by atoms with E-state index in [1.165, 1.54) is 10.6 Å². The molecule has 0 fully saturated rings. The van der Waals surface area contributed by atoms with Gasteiger partial charge in [-0.05, 0) is 13.0 Å². The number of aromatic nitrogens is 3. The summed E-state index contributed by atoms with van der Waals surface area (Å²) in [5, 5.41) is 5.43. The molecule has 8 heteroatoms. The first-order valence-electron chi connectivity index (χ1n) is 7.80. The Morgan fingerprint density at radius 3 is 2.88 bits per heavy atom. The topological polar surface area (TPSA) is 105 Å². The minimum Gasteiger partial charge on any atom is -0.348 e. The number of aryl methyl sites for hydroxylation is 1. The molecule has 1 unspecified atom stereocenters. The molecule has 3 aromatic rings. The standard InChI is InChI=1S/C17H18FN5O2/c1-10-12(17(25)23-15(21-10)6-7-20-23)8-16(24)22-14(9-19)11-4-2-3-5-13(11)18/h2-7,14,20H,8-9,19H2,1H3,(H,22,24). The van der Waals surface area contributed by atoms with E-state index >= 15 is 0 Å². The number of nitrogens with zero attached hydrogens (tertiary/aromatic N) is 2. The number of carbonyl (C=O) groups is 1. The second-order valence-corrected chi connectivity index (χ2v) is 5.69. The fourth-order valence-electron chi connectivity index (χ4n) is 2.74. The molecule has 25 heavy (non-hydrogen) atoms. The van der Waals surface area contributed by atoms with Crippen molar-refractivity contribution in [3.05, 3.63) is 69.5 Å². The van der Waals surface area contributed by atoms with E-state index < -0.39 is 17.8 Å². The molecule has 130 valence electrons. The van der Waals surface area contributed by atoms with Crippen LogP contribution in [0.3, 0.4) is 0 Å². The molecule has 0 spiro atoms. The zero-order chi connectivity index (χ0) is 18.0. The Morgan fingerprint density at radius 1 is 1.40 bits per heavy atom. The maximum absolute atomic E-state index is 13.9. The zero-order valence-corrected chi connectivity index (χ0v) is 13.6. The van der Waals surface area contributed by atoms with Gasteiger partial charge in [-0.2, -0.15) is 0 Å². The summed E-state index contributed by atoms with van der Waals surface area (Å²) in [6, 6.07) is 7.12. The molecule has 7 nitrogen and oxygen atoms in total. The van der Waals surface area contributed by atoms with Gasteiger partial charge in [-0.15, -0.1) is 0 Å². The van der Waals surface area contributed by atoms with Gasteiger partial charge in [-0.25, -0.2) is 13.9 Å². The average Bonchev–Trinajstić information content (AvgIpc) is 3.05. The predicted octanol–water partition coefficient (Wildman–Crippen LogP) is 0.829. The number of hydrogen-bond donors (Lipinski definition) is 3. The predicted molar refractivity (Wildman–Crippen MR) is 90.6 cm³/mol.